The summed E-state index contributed by atoms with van der Waals surface area (Å²) < 4.78 is 1.15. The molecule has 2 amide bonds. The van der Waals surface area contributed by atoms with Gasteiger partial charge in [0, 0.05) is 16.9 Å². The summed E-state index contributed by atoms with van der Waals surface area (Å²) in [6.45, 7) is 4.22. The molecule has 0 aliphatic rings. The molecule has 1 aromatic heterocycles. The number of hydrogen-bond donors (Lipinski definition) is 2. The Bertz CT molecular complexity index is 1240. The topological polar surface area (TPSA) is 71.1 Å². The number of benzene rings is 3. The number of rotatable bonds is 6. The maximum absolute atomic E-state index is 12.3. The van der Waals surface area contributed by atoms with Crippen molar-refractivity contribution in [1.82, 2.24) is 4.98 Å². The van der Waals surface area contributed by atoms with E-state index in [1.165, 1.54) is 11.1 Å². The molecule has 0 atom stereocenters. The van der Waals surface area contributed by atoms with E-state index < -0.39 is 11.8 Å². The fourth-order valence-electron chi connectivity index (χ4n) is 3.36. The first-order valence-corrected chi connectivity index (χ1v) is 11.5. The van der Waals surface area contributed by atoms with Crippen LogP contribution in [0.1, 0.15) is 30.9 Å². The highest BCUT2D eigenvalue weighted by molar-refractivity contribution is 7.21. The average molecular weight is 444 g/mol. The number of aromatic nitrogens is 1. The Balaban J connectivity index is 1.37. The molecule has 0 saturated heterocycles. The zero-order valence-electron chi connectivity index (χ0n) is 18.1. The first kappa shape index (κ1) is 21.7. The molecule has 5 nitrogen and oxygen atoms in total. The highest BCUT2D eigenvalue weighted by Crippen LogP contribution is 2.31. The van der Waals surface area contributed by atoms with Crippen LogP contribution in [0.3, 0.4) is 0 Å². The van der Waals surface area contributed by atoms with Gasteiger partial charge in [-0.3, -0.25) is 9.59 Å². The molecule has 4 aromatic rings. The van der Waals surface area contributed by atoms with Gasteiger partial charge < -0.3 is 10.6 Å². The second kappa shape index (κ2) is 9.75. The van der Waals surface area contributed by atoms with Gasteiger partial charge in [-0.1, -0.05) is 31.5 Å². The number of carbonyl (C=O) groups excluding carboxylic acids is 2. The quantitative estimate of drug-likeness (QED) is 0.349. The van der Waals surface area contributed by atoms with Crippen molar-refractivity contribution in [3.63, 3.8) is 0 Å². The lowest BCUT2D eigenvalue weighted by Gasteiger charge is -2.08. The standard InChI is InChI=1S/C26H25N3O2S/c1-3-4-5-18-7-11-20(12-8-18)27-24(30)25(31)28-21-13-9-19(10-14-21)26-29-22-15-6-17(2)16-23(22)32-26/h6-16H,3-5H2,1-2H3,(H,27,30)(H,28,31). The van der Waals surface area contributed by atoms with Gasteiger partial charge >= 0.3 is 11.8 Å². The van der Waals surface area contributed by atoms with Crippen LogP contribution < -0.4 is 10.6 Å². The molecular weight excluding hydrogens is 418 g/mol. The largest absolute Gasteiger partial charge is 0.318 e. The summed E-state index contributed by atoms with van der Waals surface area (Å²) in [6.07, 6.45) is 3.28. The Morgan fingerprint density at radius 2 is 1.50 bits per heavy atom. The minimum Gasteiger partial charge on any atom is -0.318 e. The van der Waals surface area contributed by atoms with Crippen molar-refractivity contribution in [2.45, 2.75) is 33.1 Å². The third-order valence-electron chi connectivity index (χ3n) is 5.17. The van der Waals surface area contributed by atoms with Crippen LogP contribution in [0.5, 0.6) is 0 Å². The van der Waals surface area contributed by atoms with Crippen molar-refractivity contribution in [2.24, 2.45) is 0 Å². The Labute approximate surface area is 191 Å². The van der Waals surface area contributed by atoms with Gasteiger partial charge in [-0.05, 0) is 79.4 Å². The second-order valence-corrected chi connectivity index (χ2v) is 8.81. The van der Waals surface area contributed by atoms with Crippen LogP contribution in [0, 0.1) is 6.92 Å². The Kier molecular flexibility index (Phi) is 6.61. The van der Waals surface area contributed by atoms with E-state index in [0.717, 1.165) is 40.1 Å². The van der Waals surface area contributed by atoms with Gasteiger partial charge in [-0.2, -0.15) is 0 Å². The Morgan fingerprint density at radius 3 is 2.12 bits per heavy atom. The van der Waals surface area contributed by atoms with Gasteiger partial charge in [-0.15, -0.1) is 11.3 Å². The molecule has 2 N–H and O–H groups in total. The summed E-state index contributed by atoms with van der Waals surface area (Å²) >= 11 is 1.63. The fraction of sp³-hybridized carbons (Fsp3) is 0.192. The SMILES string of the molecule is CCCCc1ccc(NC(=O)C(=O)Nc2ccc(-c3nc4ccc(C)cc4s3)cc2)cc1. The van der Waals surface area contributed by atoms with Crippen LogP contribution in [-0.2, 0) is 16.0 Å². The summed E-state index contributed by atoms with van der Waals surface area (Å²) in [7, 11) is 0. The van der Waals surface area contributed by atoms with Gasteiger partial charge in [0.05, 0.1) is 10.2 Å². The lowest BCUT2D eigenvalue weighted by molar-refractivity contribution is -0.132. The number of unbranched alkanes of at least 4 members (excludes halogenated alkanes) is 1. The number of anilines is 2. The number of hydrogen-bond acceptors (Lipinski definition) is 4. The minimum atomic E-state index is -0.705. The zero-order valence-corrected chi connectivity index (χ0v) is 19.0. The van der Waals surface area contributed by atoms with Crippen molar-refractivity contribution >= 4 is 44.7 Å². The second-order valence-electron chi connectivity index (χ2n) is 7.78. The van der Waals surface area contributed by atoms with Crippen LogP contribution in [0.15, 0.2) is 66.7 Å². The molecule has 0 spiro atoms. The first-order chi connectivity index (χ1) is 15.5. The minimum absolute atomic E-state index is 0.556. The molecule has 0 radical (unpaired) electrons. The Morgan fingerprint density at radius 1 is 0.875 bits per heavy atom. The van der Waals surface area contributed by atoms with Gasteiger partial charge in [0.25, 0.3) is 0 Å². The molecule has 0 aliphatic heterocycles. The third kappa shape index (κ3) is 5.21. The normalized spacial score (nSPS) is 10.8. The summed E-state index contributed by atoms with van der Waals surface area (Å²) in [4.78, 5) is 29.2. The number of nitrogens with one attached hydrogen (secondary N) is 2. The molecule has 4 rings (SSSR count). The number of fused-ring (bicyclic) bond motifs is 1. The predicted molar refractivity (Wildman–Crippen MR) is 132 cm³/mol. The summed E-state index contributed by atoms with van der Waals surface area (Å²) in [5.41, 5.74) is 5.53. The van der Waals surface area contributed by atoms with Crippen LogP contribution in [-0.4, -0.2) is 16.8 Å². The maximum Gasteiger partial charge on any atom is 0.314 e. The predicted octanol–water partition coefficient (Wildman–Crippen LogP) is 6.19. The summed E-state index contributed by atoms with van der Waals surface area (Å²) in [6, 6.07) is 21.2. The maximum atomic E-state index is 12.3. The highest BCUT2D eigenvalue weighted by atomic mass is 32.1. The van der Waals surface area contributed by atoms with E-state index in [2.05, 4.69) is 41.6 Å². The first-order valence-electron chi connectivity index (χ1n) is 10.7. The monoisotopic (exact) mass is 443 g/mol. The van der Waals surface area contributed by atoms with E-state index in [-0.39, 0.29) is 0 Å². The van der Waals surface area contributed by atoms with Gasteiger partial charge in [0.1, 0.15) is 5.01 Å². The molecule has 6 heteroatoms. The van der Waals surface area contributed by atoms with Crippen LogP contribution >= 0.6 is 11.3 Å². The highest BCUT2D eigenvalue weighted by Gasteiger charge is 2.14. The molecule has 32 heavy (non-hydrogen) atoms. The van der Waals surface area contributed by atoms with E-state index in [4.69, 9.17) is 0 Å². The number of nitrogens with zero attached hydrogens (tertiary/aromatic N) is 1. The van der Waals surface area contributed by atoms with E-state index in [1.54, 1.807) is 23.5 Å². The van der Waals surface area contributed by atoms with Crippen LogP contribution in [0.25, 0.3) is 20.8 Å². The van der Waals surface area contributed by atoms with Gasteiger partial charge in [0.15, 0.2) is 0 Å². The molecule has 0 saturated carbocycles. The third-order valence-corrected chi connectivity index (χ3v) is 6.24. The average Bonchev–Trinajstić information content (AvgIpc) is 3.22. The smallest absolute Gasteiger partial charge is 0.314 e. The lowest BCUT2D eigenvalue weighted by atomic mass is 10.1. The molecule has 0 fully saturated rings. The van der Waals surface area contributed by atoms with Crippen molar-refractivity contribution in [1.29, 1.82) is 0 Å². The van der Waals surface area contributed by atoms with E-state index >= 15 is 0 Å². The molecule has 162 valence electrons. The van der Waals surface area contributed by atoms with Crippen molar-refractivity contribution in [3.8, 4) is 10.6 Å². The van der Waals surface area contributed by atoms with Gasteiger partial charge in [-0.25, -0.2) is 4.98 Å². The molecule has 0 unspecified atom stereocenters. The van der Waals surface area contributed by atoms with Gasteiger partial charge in [0.2, 0.25) is 0 Å². The number of aryl methyl sites for hydroxylation is 2. The zero-order chi connectivity index (χ0) is 22.5. The van der Waals surface area contributed by atoms with Crippen molar-refractivity contribution in [3.05, 3.63) is 77.9 Å². The van der Waals surface area contributed by atoms with E-state index in [0.29, 0.717) is 11.4 Å². The van der Waals surface area contributed by atoms with E-state index in [1.807, 2.05) is 42.5 Å². The number of carbonyl (C=O) groups is 2. The number of amides is 2. The van der Waals surface area contributed by atoms with Crippen molar-refractivity contribution < 1.29 is 9.59 Å². The summed E-state index contributed by atoms with van der Waals surface area (Å²) in [5.74, 6) is -1.40. The number of thiazole rings is 1. The molecular formula is C26H25N3O2S. The molecule has 3 aromatic carbocycles. The van der Waals surface area contributed by atoms with E-state index in [9.17, 15) is 9.59 Å². The molecule has 0 aliphatic carbocycles. The molecule has 1 heterocycles. The lowest BCUT2D eigenvalue weighted by Crippen LogP contribution is -2.29. The van der Waals surface area contributed by atoms with Crippen molar-refractivity contribution in [2.75, 3.05) is 10.6 Å². The van der Waals surface area contributed by atoms with Crippen LogP contribution in [0.4, 0.5) is 11.4 Å². The molecule has 0 bridgehead atoms. The Hall–Kier alpha value is -3.51. The summed E-state index contributed by atoms with van der Waals surface area (Å²) in [5, 5.41) is 6.21. The van der Waals surface area contributed by atoms with Crippen LogP contribution in [0.2, 0.25) is 0 Å². The fourth-order valence-corrected chi connectivity index (χ4v) is 4.43.